The van der Waals surface area contributed by atoms with E-state index in [0.29, 0.717) is 11.3 Å². The molecule has 10 heteroatoms. The van der Waals surface area contributed by atoms with Crippen molar-refractivity contribution in [1.29, 1.82) is 0 Å². The summed E-state index contributed by atoms with van der Waals surface area (Å²) >= 11 is 0. The lowest BCUT2D eigenvalue weighted by Crippen LogP contribution is -2.25. The lowest BCUT2D eigenvalue weighted by molar-refractivity contribution is -0.143. The van der Waals surface area contributed by atoms with E-state index in [4.69, 9.17) is 19.3 Å². The molecule has 35 heavy (non-hydrogen) atoms. The number of fused-ring (bicyclic) bond motifs is 1. The number of benzene rings is 2. The average Bonchev–Trinajstić information content (AvgIpc) is 2.83. The number of alkyl halides is 3. The Kier molecular flexibility index (Phi) is 6.56. The molecule has 1 aliphatic heterocycles. The first-order valence-corrected chi connectivity index (χ1v) is 10.6. The Balaban J connectivity index is 1.69. The van der Waals surface area contributed by atoms with Crippen LogP contribution in [0.3, 0.4) is 0 Å². The van der Waals surface area contributed by atoms with Crippen LogP contribution >= 0.6 is 0 Å². The van der Waals surface area contributed by atoms with Gasteiger partial charge in [-0.05, 0) is 48.4 Å². The first-order valence-electron chi connectivity index (χ1n) is 10.6. The lowest BCUT2D eigenvalue weighted by Gasteiger charge is -2.28. The number of rotatable bonds is 6. The third kappa shape index (κ3) is 5.16. The van der Waals surface area contributed by atoms with Crippen molar-refractivity contribution in [3.63, 3.8) is 0 Å². The van der Waals surface area contributed by atoms with Crippen molar-refractivity contribution < 1.29 is 41.7 Å². The van der Waals surface area contributed by atoms with Gasteiger partial charge in [0.25, 0.3) is 0 Å². The fourth-order valence-electron chi connectivity index (χ4n) is 3.77. The van der Waals surface area contributed by atoms with Crippen molar-refractivity contribution in [2.24, 2.45) is 5.92 Å². The summed E-state index contributed by atoms with van der Waals surface area (Å²) in [5.74, 6) is -1.55. The quantitative estimate of drug-likeness (QED) is 0.447. The van der Waals surface area contributed by atoms with E-state index in [1.54, 1.807) is 25.1 Å². The minimum Gasteiger partial charge on any atom is -0.497 e. The summed E-state index contributed by atoms with van der Waals surface area (Å²) < 4.78 is 72.8. The van der Waals surface area contributed by atoms with Gasteiger partial charge in [0.15, 0.2) is 23.3 Å². The second-order valence-corrected chi connectivity index (χ2v) is 8.12. The Hall–Kier alpha value is -3.82. The second-order valence-electron chi connectivity index (χ2n) is 8.12. The maximum absolute atomic E-state index is 14.4. The lowest BCUT2D eigenvalue weighted by atomic mass is 10.00. The first kappa shape index (κ1) is 24.3. The third-order valence-electron chi connectivity index (χ3n) is 5.62. The molecule has 6 nitrogen and oxygen atoms in total. The van der Waals surface area contributed by atoms with Crippen molar-refractivity contribution in [2.45, 2.75) is 25.6 Å². The molecule has 0 radical (unpaired) electrons. The van der Waals surface area contributed by atoms with E-state index < -0.39 is 35.7 Å². The molecule has 0 amide bonds. The molecule has 0 fully saturated rings. The summed E-state index contributed by atoms with van der Waals surface area (Å²) in [6, 6.07) is 11.0. The summed E-state index contributed by atoms with van der Waals surface area (Å²) in [4.78, 5) is 14.9. The summed E-state index contributed by atoms with van der Waals surface area (Å²) in [5.41, 5.74) is -1.19. The van der Waals surface area contributed by atoms with Crippen LogP contribution in [0.1, 0.15) is 29.8 Å². The third-order valence-corrected chi connectivity index (χ3v) is 5.62. The van der Waals surface area contributed by atoms with Gasteiger partial charge in [0.1, 0.15) is 18.2 Å². The summed E-state index contributed by atoms with van der Waals surface area (Å²) in [6.07, 6.45) is -5.77. The van der Waals surface area contributed by atoms with Gasteiger partial charge >= 0.3 is 12.1 Å². The number of carboxylic acids is 1. The van der Waals surface area contributed by atoms with Crippen molar-refractivity contribution in [1.82, 2.24) is 4.98 Å². The van der Waals surface area contributed by atoms with Gasteiger partial charge in [-0.1, -0.05) is 19.1 Å². The fourth-order valence-corrected chi connectivity index (χ4v) is 3.77. The Morgan fingerprint density at radius 2 is 1.94 bits per heavy atom. The molecule has 1 aliphatic rings. The number of nitrogens with zero attached hydrogens (tertiary/aromatic N) is 1. The summed E-state index contributed by atoms with van der Waals surface area (Å²) in [5, 5.41) is 9.13. The monoisotopic (exact) mass is 491 g/mol. The zero-order valence-electron chi connectivity index (χ0n) is 18.7. The highest BCUT2D eigenvalue weighted by Crippen LogP contribution is 2.41. The minimum absolute atomic E-state index is 0.134. The largest absolute Gasteiger partial charge is 0.497 e. The highest BCUT2D eigenvalue weighted by molar-refractivity contribution is 5.70. The number of carboxylic acid groups (broad SMARTS) is 1. The molecule has 3 aromatic rings. The average molecular weight is 491 g/mol. The van der Waals surface area contributed by atoms with E-state index in [2.05, 4.69) is 4.98 Å². The number of carbonyl (C=O) groups is 1. The van der Waals surface area contributed by atoms with E-state index in [9.17, 15) is 22.4 Å². The van der Waals surface area contributed by atoms with E-state index >= 15 is 0 Å². The number of methoxy groups -OCH3 is 1. The Morgan fingerprint density at radius 3 is 2.63 bits per heavy atom. The molecule has 184 valence electrons. The molecule has 0 spiro atoms. The topological polar surface area (TPSA) is 77.9 Å². The number of halogens is 4. The predicted molar refractivity (Wildman–Crippen MR) is 117 cm³/mol. The van der Waals surface area contributed by atoms with Gasteiger partial charge < -0.3 is 19.3 Å². The molecule has 0 aliphatic carbocycles. The van der Waals surface area contributed by atoms with Crippen LogP contribution in [0, 0.1) is 11.7 Å². The van der Waals surface area contributed by atoms with Gasteiger partial charge in [0.05, 0.1) is 18.7 Å². The van der Waals surface area contributed by atoms with Gasteiger partial charge in [-0.3, -0.25) is 4.79 Å². The van der Waals surface area contributed by atoms with Crippen LogP contribution in [-0.4, -0.2) is 29.8 Å². The van der Waals surface area contributed by atoms with Gasteiger partial charge in [0, 0.05) is 11.1 Å². The number of hydrogen-bond acceptors (Lipinski definition) is 5. The summed E-state index contributed by atoms with van der Waals surface area (Å²) in [6.45, 7) is 1.35. The normalized spacial score (nSPS) is 16.0. The van der Waals surface area contributed by atoms with E-state index in [1.165, 1.54) is 31.4 Å². The zero-order chi connectivity index (χ0) is 25.3. The van der Waals surface area contributed by atoms with Gasteiger partial charge in [-0.25, -0.2) is 9.37 Å². The van der Waals surface area contributed by atoms with Crippen LogP contribution in [0.25, 0.3) is 11.3 Å². The number of aliphatic carboxylic acids is 1. The molecule has 2 heterocycles. The number of ether oxygens (including phenoxy) is 3. The van der Waals surface area contributed by atoms with Crippen LogP contribution in [-0.2, 0) is 17.4 Å². The molecule has 2 atom stereocenters. The molecule has 0 saturated carbocycles. The minimum atomic E-state index is -4.84. The van der Waals surface area contributed by atoms with Crippen molar-refractivity contribution in [3.8, 4) is 28.5 Å². The van der Waals surface area contributed by atoms with Crippen molar-refractivity contribution in [2.75, 3.05) is 13.7 Å². The van der Waals surface area contributed by atoms with E-state index in [0.717, 1.165) is 6.07 Å². The van der Waals surface area contributed by atoms with Crippen molar-refractivity contribution in [3.05, 3.63) is 71.2 Å². The zero-order valence-corrected chi connectivity index (χ0v) is 18.7. The fraction of sp³-hybridized carbons (Fsp3) is 0.280. The highest BCUT2D eigenvalue weighted by Gasteiger charge is 2.39. The Labute approximate surface area is 198 Å². The van der Waals surface area contributed by atoms with Crippen LogP contribution in [0.15, 0.2) is 48.5 Å². The Morgan fingerprint density at radius 1 is 1.17 bits per heavy atom. The molecule has 4 rings (SSSR count). The second kappa shape index (κ2) is 9.44. The van der Waals surface area contributed by atoms with Crippen LogP contribution in [0.4, 0.5) is 17.6 Å². The van der Waals surface area contributed by atoms with Crippen molar-refractivity contribution >= 4 is 5.97 Å². The molecular weight excluding hydrogens is 470 g/mol. The maximum atomic E-state index is 14.4. The smallest absolute Gasteiger partial charge is 0.433 e. The number of hydrogen-bond donors (Lipinski definition) is 1. The first-order chi connectivity index (χ1) is 16.6. The number of aromatic nitrogens is 1. The molecule has 0 saturated heterocycles. The molecule has 0 bridgehead atoms. The van der Waals surface area contributed by atoms with Gasteiger partial charge in [0.2, 0.25) is 0 Å². The SMILES string of the molecule is COc1ccc(F)c(-c2ccc(C3COc4ccc(CC(C)C(=O)O)cc4O3)c(C(F)(F)F)n2)c1. The molecule has 1 N–H and O–H groups in total. The van der Waals surface area contributed by atoms with Gasteiger partial charge in [-0.15, -0.1) is 0 Å². The molecule has 2 aromatic carbocycles. The van der Waals surface area contributed by atoms with Crippen LogP contribution in [0.5, 0.6) is 17.2 Å². The molecular formula is C25H21F4NO5. The van der Waals surface area contributed by atoms with Gasteiger partial charge in [-0.2, -0.15) is 13.2 Å². The predicted octanol–water partition coefficient (Wildman–Crippen LogP) is 5.69. The standard InChI is InChI=1S/C25H21F4NO5/c1-13(24(31)32)9-14-3-8-20-21(10-14)35-22(12-34-20)16-5-7-19(30-23(16)25(27,28)29)17-11-15(33-2)4-6-18(17)26/h3-8,10-11,13,22H,9,12H2,1-2H3,(H,31,32). The van der Waals surface area contributed by atoms with E-state index in [-0.39, 0.29) is 41.3 Å². The van der Waals surface area contributed by atoms with Crippen LogP contribution in [0.2, 0.25) is 0 Å². The number of pyridine rings is 1. The molecule has 2 unspecified atom stereocenters. The van der Waals surface area contributed by atoms with Crippen LogP contribution < -0.4 is 14.2 Å². The van der Waals surface area contributed by atoms with E-state index in [1.807, 2.05) is 0 Å². The maximum Gasteiger partial charge on any atom is 0.433 e. The molecule has 1 aromatic heterocycles. The summed E-state index contributed by atoms with van der Waals surface area (Å²) in [7, 11) is 1.36. The highest BCUT2D eigenvalue weighted by atomic mass is 19.4. The Bertz CT molecular complexity index is 1260.